The van der Waals surface area contributed by atoms with Crippen LogP contribution in [0.3, 0.4) is 0 Å². The molecule has 1 aromatic rings. The largest absolute Gasteiger partial charge is 0.374 e. The highest BCUT2D eigenvalue weighted by molar-refractivity contribution is 5.80. The number of rotatable bonds is 5. The third-order valence-electron chi connectivity index (χ3n) is 2.45. The maximum atomic E-state index is 13.2. The fraction of sp³-hybridized carbons (Fsp3) is 0.417. The van der Waals surface area contributed by atoms with Gasteiger partial charge in [-0.15, -0.1) is 0 Å². The lowest BCUT2D eigenvalue weighted by molar-refractivity contribution is -0.120. The standard InChI is InChI=1S/C12H15F3N2O/c1-3-7(2)17-11(18)6-16-10-5-8(13)4-9(14)12(10)15/h4-5,7,16H,3,6H2,1-2H3,(H,17,18). The van der Waals surface area contributed by atoms with Gasteiger partial charge in [-0.05, 0) is 13.3 Å². The van der Waals surface area contributed by atoms with Crippen molar-refractivity contribution in [3.63, 3.8) is 0 Å². The Balaban J connectivity index is 2.61. The van der Waals surface area contributed by atoms with Gasteiger partial charge in [0, 0.05) is 18.2 Å². The average molecular weight is 260 g/mol. The molecule has 0 aliphatic carbocycles. The Morgan fingerprint density at radius 2 is 2.00 bits per heavy atom. The molecule has 0 heterocycles. The fourth-order valence-corrected chi connectivity index (χ4v) is 1.29. The maximum Gasteiger partial charge on any atom is 0.239 e. The fourth-order valence-electron chi connectivity index (χ4n) is 1.29. The highest BCUT2D eigenvalue weighted by Crippen LogP contribution is 2.18. The summed E-state index contributed by atoms with van der Waals surface area (Å²) in [6.07, 6.45) is 0.759. The molecular weight excluding hydrogens is 245 g/mol. The van der Waals surface area contributed by atoms with Crippen LogP contribution in [-0.4, -0.2) is 18.5 Å². The summed E-state index contributed by atoms with van der Waals surface area (Å²) in [6, 6.07) is 1.24. The number of amides is 1. The Morgan fingerprint density at radius 1 is 1.33 bits per heavy atom. The molecule has 1 rings (SSSR count). The lowest BCUT2D eigenvalue weighted by Gasteiger charge is -2.12. The third kappa shape index (κ3) is 3.94. The number of carbonyl (C=O) groups excluding carboxylic acids is 1. The number of nitrogens with one attached hydrogen (secondary N) is 2. The van der Waals surface area contributed by atoms with Crippen molar-refractivity contribution in [1.29, 1.82) is 0 Å². The molecule has 0 aromatic heterocycles. The van der Waals surface area contributed by atoms with Crippen LogP contribution in [0.2, 0.25) is 0 Å². The SMILES string of the molecule is CCC(C)NC(=O)CNc1cc(F)cc(F)c1F. The van der Waals surface area contributed by atoms with Crippen LogP contribution in [0, 0.1) is 17.5 Å². The summed E-state index contributed by atoms with van der Waals surface area (Å²) < 4.78 is 38.9. The first kappa shape index (κ1) is 14.3. The maximum absolute atomic E-state index is 13.2. The van der Waals surface area contributed by atoms with Gasteiger partial charge in [0.1, 0.15) is 5.82 Å². The van der Waals surface area contributed by atoms with E-state index in [1.165, 1.54) is 0 Å². The predicted molar refractivity (Wildman–Crippen MR) is 62.7 cm³/mol. The summed E-state index contributed by atoms with van der Waals surface area (Å²) in [6.45, 7) is 3.48. The summed E-state index contributed by atoms with van der Waals surface area (Å²) >= 11 is 0. The molecule has 0 bridgehead atoms. The van der Waals surface area contributed by atoms with Gasteiger partial charge in [0.15, 0.2) is 11.6 Å². The summed E-state index contributed by atoms with van der Waals surface area (Å²) in [5, 5.41) is 4.99. The Labute approximate surface area is 103 Å². The average Bonchev–Trinajstić information content (AvgIpc) is 2.31. The smallest absolute Gasteiger partial charge is 0.239 e. The molecular formula is C12H15F3N2O. The minimum Gasteiger partial charge on any atom is -0.374 e. The molecule has 18 heavy (non-hydrogen) atoms. The number of hydrogen-bond acceptors (Lipinski definition) is 2. The van der Waals surface area contributed by atoms with Crippen LogP contribution in [-0.2, 0) is 4.79 Å². The molecule has 0 fully saturated rings. The first-order valence-electron chi connectivity index (χ1n) is 5.61. The van der Waals surface area contributed by atoms with Gasteiger partial charge < -0.3 is 10.6 Å². The molecule has 1 atom stereocenters. The quantitative estimate of drug-likeness (QED) is 0.798. The first-order chi connectivity index (χ1) is 8.43. The van der Waals surface area contributed by atoms with Crippen molar-refractivity contribution in [2.75, 3.05) is 11.9 Å². The van der Waals surface area contributed by atoms with Crippen LogP contribution < -0.4 is 10.6 Å². The lowest BCUT2D eigenvalue weighted by atomic mass is 10.2. The second-order valence-electron chi connectivity index (χ2n) is 3.98. The van der Waals surface area contributed by atoms with E-state index in [-0.39, 0.29) is 24.2 Å². The zero-order valence-electron chi connectivity index (χ0n) is 10.2. The monoisotopic (exact) mass is 260 g/mol. The number of hydrogen-bond donors (Lipinski definition) is 2. The Kier molecular flexibility index (Phi) is 5.00. The van der Waals surface area contributed by atoms with Crippen LogP contribution in [0.1, 0.15) is 20.3 Å². The van der Waals surface area contributed by atoms with Gasteiger partial charge in [-0.3, -0.25) is 4.79 Å². The molecule has 0 saturated carbocycles. The van der Waals surface area contributed by atoms with Crippen LogP contribution in [0.15, 0.2) is 12.1 Å². The van der Waals surface area contributed by atoms with E-state index in [1.807, 2.05) is 13.8 Å². The van der Waals surface area contributed by atoms with Gasteiger partial charge in [0.25, 0.3) is 0 Å². The molecule has 0 aliphatic heterocycles. The van der Waals surface area contributed by atoms with E-state index in [4.69, 9.17) is 0 Å². The van der Waals surface area contributed by atoms with Crippen LogP contribution >= 0.6 is 0 Å². The molecule has 1 unspecified atom stereocenters. The van der Waals surface area contributed by atoms with E-state index >= 15 is 0 Å². The van der Waals surface area contributed by atoms with Gasteiger partial charge in [0.05, 0.1) is 12.2 Å². The lowest BCUT2D eigenvalue weighted by Crippen LogP contribution is -2.36. The molecule has 0 radical (unpaired) electrons. The van der Waals surface area contributed by atoms with Crippen molar-refractivity contribution in [2.45, 2.75) is 26.3 Å². The number of carbonyl (C=O) groups is 1. The van der Waals surface area contributed by atoms with Crippen molar-refractivity contribution < 1.29 is 18.0 Å². The van der Waals surface area contributed by atoms with Crippen LogP contribution in [0.5, 0.6) is 0 Å². The van der Waals surface area contributed by atoms with Crippen molar-refractivity contribution in [2.24, 2.45) is 0 Å². The van der Waals surface area contributed by atoms with Crippen LogP contribution in [0.25, 0.3) is 0 Å². The van der Waals surface area contributed by atoms with Crippen molar-refractivity contribution in [1.82, 2.24) is 5.32 Å². The van der Waals surface area contributed by atoms with Gasteiger partial charge in [-0.25, -0.2) is 13.2 Å². The van der Waals surface area contributed by atoms with E-state index in [0.717, 1.165) is 12.5 Å². The zero-order valence-corrected chi connectivity index (χ0v) is 10.2. The number of halogens is 3. The highest BCUT2D eigenvalue weighted by Gasteiger charge is 2.12. The first-order valence-corrected chi connectivity index (χ1v) is 5.61. The predicted octanol–water partition coefficient (Wildman–Crippen LogP) is 2.43. The van der Waals surface area contributed by atoms with Crippen LogP contribution in [0.4, 0.5) is 18.9 Å². The Morgan fingerprint density at radius 3 is 2.61 bits per heavy atom. The third-order valence-corrected chi connectivity index (χ3v) is 2.45. The van der Waals surface area contributed by atoms with Crippen molar-refractivity contribution in [3.8, 4) is 0 Å². The Hall–Kier alpha value is -1.72. The molecule has 3 nitrogen and oxygen atoms in total. The van der Waals surface area contributed by atoms with E-state index in [2.05, 4.69) is 10.6 Å². The Bertz CT molecular complexity index is 438. The molecule has 1 amide bonds. The van der Waals surface area contributed by atoms with E-state index in [1.54, 1.807) is 0 Å². The molecule has 0 aliphatic rings. The number of benzene rings is 1. The van der Waals surface area contributed by atoms with Gasteiger partial charge in [-0.2, -0.15) is 0 Å². The summed E-state index contributed by atoms with van der Waals surface area (Å²) in [7, 11) is 0. The highest BCUT2D eigenvalue weighted by atomic mass is 19.2. The van der Waals surface area contributed by atoms with Gasteiger partial charge >= 0.3 is 0 Å². The van der Waals surface area contributed by atoms with Gasteiger partial charge in [-0.1, -0.05) is 6.92 Å². The zero-order chi connectivity index (χ0) is 13.7. The molecule has 2 N–H and O–H groups in total. The summed E-state index contributed by atoms with van der Waals surface area (Å²) in [4.78, 5) is 11.4. The molecule has 100 valence electrons. The van der Waals surface area contributed by atoms with E-state index in [0.29, 0.717) is 6.07 Å². The van der Waals surface area contributed by atoms with Gasteiger partial charge in [0.2, 0.25) is 5.91 Å². The second-order valence-corrected chi connectivity index (χ2v) is 3.98. The topological polar surface area (TPSA) is 41.1 Å². The van der Waals surface area contributed by atoms with E-state index < -0.39 is 17.5 Å². The normalized spacial score (nSPS) is 12.1. The van der Waals surface area contributed by atoms with Crippen molar-refractivity contribution >= 4 is 11.6 Å². The van der Waals surface area contributed by atoms with E-state index in [9.17, 15) is 18.0 Å². The summed E-state index contributed by atoms with van der Waals surface area (Å²) in [5.74, 6) is -3.76. The minimum atomic E-state index is -1.29. The molecule has 0 spiro atoms. The molecule has 1 aromatic carbocycles. The number of anilines is 1. The van der Waals surface area contributed by atoms with Crippen molar-refractivity contribution in [3.05, 3.63) is 29.6 Å². The molecule has 0 saturated heterocycles. The minimum absolute atomic E-state index is 0.00612. The summed E-state index contributed by atoms with van der Waals surface area (Å²) in [5.41, 5.74) is -0.369. The second kappa shape index (κ2) is 6.28. The molecule has 6 heteroatoms.